The highest BCUT2D eigenvalue weighted by molar-refractivity contribution is 7.22. The highest BCUT2D eigenvalue weighted by atomic mass is 35.5. The monoisotopic (exact) mass is 335 g/mol. The van der Waals surface area contributed by atoms with E-state index in [9.17, 15) is 13.6 Å². The minimum atomic E-state index is -0.710. The fourth-order valence-corrected chi connectivity index (χ4v) is 2.82. The number of carbonyl (C=O) groups is 1. The second-order valence-corrected chi connectivity index (χ2v) is 5.71. The Morgan fingerprint density at radius 3 is 2.52 bits per heavy atom. The number of aromatic nitrogens is 1. The van der Waals surface area contributed by atoms with Gasteiger partial charge in [0.15, 0.2) is 10.9 Å². The number of nitrogens with zero attached hydrogens (tertiary/aromatic N) is 3. The Hall–Kier alpha value is -1.31. The van der Waals surface area contributed by atoms with Crippen LogP contribution < -0.4 is 4.90 Å². The Morgan fingerprint density at radius 1 is 1.29 bits per heavy atom. The van der Waals surface area contributed by atoms with Crippen molar-refractivity contribution in [3.63, 3.8) is 0 Å². The van der Waals surface area contributed by atoms with Gasteiger partial charge in [0, 0.05) is 26.1 Å². The Kier molecular flexibility index (Phi) is 6.00. The van der Waals surface area contributed by atoms with E-state index in [0.717, 1.165) is 17.4 Å². The highest BCUT2D eigenvalue weighted by Crippen LogP contribution is 2.31. The number of hydrogen-bond donors (Lipinski definition) is 0. The molecule has 0 saturated carbocycles. The molecule has 116 valence electrons. The predicted molar refractivity (Wildman–Crippen MR) is 83.4 cm³/mol. The molecule has 1 aromatic carbocycles. The Labute approximate surface area is 131 Å². The molecule has 0 bridgehead atoms. The first-order valence-electron chi connectivity index (χ1n) is 6.07. The molecule has 0 fully saturated rings. The van der Waals surface area contributed by atoms with E-state index in [1.807, 2.05) is 19.0 Å². The van der Waals surface area contributed by atoms with Gasteiger partial charge in [-0.05, 0) is 20.2 Å². The van der Waals surface area contributed by atoms with E-state index in [1.54, 1.807) is 0 Å². The molecule has 1 heterocycles. The maximum Gasteiger partial charge on any atom is 0.225 e. The summed E-state index contributed by atoms with van der Waals surface area (Å²) in [5.74, 6) is -1.53. The summed E-state index contributed by atoms with van der Waals surface area (Å²) in [5.41, 5.74) is 0.0995. The molecule has 4 nitrogen and oxygen atoms in total. The van der Waals surface area contributed by atoms with E-state index >= 15 is 0 Å². The molecule has 2 rings (SSSR count). The van der Waals surface area contributed by atoms with Gasteiger partial charge >= 0.3 is 0 Å². The Balaban J connectivity index is 0.00000220. The van der Waals surface area contributed by atoms with Gasteiger partial charge in [0.25, 0.3) is 0 Å². The van der Waals surface area contributed by atoms with Crippen LogP contribution in [0.25, 0.3) is 10.2 Å². The summed E-state index contributed by atoms with van der Waals surface area (Å²) >= 11 is 1.11. The lowest BCUT2D eigenvalue weighted by Gasteiger charge is -2.20. The van der Waals surface area contributed by atoms with Crippen LogP contribution in [0.15, 0.2) is 12.1 Å². The quantitative estimate of drug-likeness (QED) is 0.862. The van der Waals surface area contributed by atoms with Crippen molar-refractivity contribution < 1.29 is 13.6 Å². The summed E-state index contributed by atoms with van der Waals surface area (Å²) in [4.78, 5) is 19.2. The van der Waals surface area contributed by atoms with E-state index in [-0.39, 0.29) is 23.8 Å². The maximum atomic E-state index is 13.6. The SMILES string of the molecule is CC(=O)N(CCN(C)C)c1nc2c(F)cc(F)cc2s1.Cl. The second kappa shape index (κ2) is 7.11. The van der Waals surface area contributed by atoms with Crippen molar-refractivity contribution in [1.29, 1.82) is 0 Å². The summed E-state index contributed by atoms with van der Waals surface area (Å²) in [5, 5.41) is 0.388. The van der Waals surface area contributed by atoms with Gasteiger partial charge in [0.2, 0.25) is 5.91 Å². The molecule has 0 unspecified atom stereocenters. The molecule has 21 heavy (non-hydrogen) atoms. The van der Waals surface area contributed by atoms with Crippen molar-refractivity contribution in [3.05, 3.63) is 23.8 Å². The number of fused-ring (bicyclic) bond motifs is 1. The zero-order valence-corrected chi connectivity index (χ0v) is 13.5. The summed E-state index contributed by atoms with van der Waals surface area (Å²) in [6, 6.07) is 2.02. The molecule has 8 heteroatoms. The lowest BCUT2D eigenvalue weighted by molar-refractivity contribution is -0.116. The van der Waals surface area contributed by atoms with Crippen LogP contribution in [-0.4, -0.2) is 43.0 Å². The van der Waals surface area contributed by atoms with Gasteiger partial charge in [0.1, 0.15) is 11.3 Å². The van der Waals surface area contributed by atoms with E-state index in [0.29, 0.717) is 22.9 Å². The first-order chi connectivity index (χ1) is 9.38. The third-order valence-corrected chi connectivity index (χ3v) is 3.81. The van der Waals surface area contributed by atoms with Crippen molar-refractivity contribution in [1.82, 2.24) is 9.88 Å². The summed E-state index contributed by atoms with van der Waals surface area (Å²) < 4.78 is 27.2. The van der Waals surface area contributed by atoms with Gasteiger partial charge in [-0.15, -0.1) is 12.4 Å². The Morgan fingerprint density at radius 2 is 1.95 bits per heavy atom. The Bertz CT molecular complexity index is 648. The molecular weight excluding hydrogens is 320 g/mol. The number of rotatable bonds is 4. The van der Waals surface area contributed by atoms with Crippen LogP contribution >= 0.6 is 23.7 Å². The zero-order chi connectivity index (χ0) is 14.9. The molecular formula is C13H16ClF2N3OS. The number of carbonyl (C=O) groups excluding carboxylic acids is 1. The van der Waals surface area contributed by atoms with Crippen molar-refractivity contribution in [2.75, 3.05) is 32.1 Å². The van der Waals surface area contributed by atoms with E-state index < -0.39 is 11.6 Å². The van der Waals surface area contributed by atoms with Crippen LogP contribution in [0.1, 0.15) is 6.92 Å². The van der Waals surface area contributed by atoms with Gasteiger partial charge < -0.3 is 4.90 Å². The molecule has 0 radical (unpaired) electrons. The third-order valence-electron chi connectivity index (χ3n) is 2.78. The average Bonchev–Trinajstić information content (AvgIpc) is 2.72. The molecule has 1 amide bonds. The fraction of sp³-hybridized carbons (Fsp3) is 0.385. The molecule has 0 atom stereocenters. The summed E-state index contributed by atoms with van der Waals surface area (Å²) in [6.45, 7) is 2.54. The molecule has 0 aliphatic rings. The third kappa shape index (κ3) is 4.09. The van der Waals surface area contributed by atoms with Crippen LogP contribution in [0.5, 0.6) is 0 Å². The highest BCUT2D eigenvalue weighted by Gasteiger charge is 2.18. The summed E-state index contributed by atoms with van der Waals surface area (Å²) in [7, 11) is 3.79. The number of amides is 1. The molecule has 0 aliphatic heterocycles. The summed E-state index contributed by atoms with van der Waals surface area (Å²) in [6.07, 6.45) is 0. The van der Waals surface area contributed by atoms with E-state index in [2.05, 4.69) is 4.98 Å². The van der Waals surface area contributed by atoms with Crippen molar-refractivity contribution in [2.24, 2.45) is 0 Å². The lowest BCUT2D eigenvalue weighted by atomic mass is 10.3. The largest absolute Gasteiger partial charge is 0.308 e. The average molecular weight is 336 g/mol. The number of halogens is 3. The van der Waals surface area contributed by atoms with Gasteiger partial charge in [-0.2, -0.15) is 0 Å². The predicted octanol–water partition coefficient (Wildman–Crippen LogP) is 2.91. The topological polar surface area (TPSA) is 36.4 Å². The second-order valence-electron chi connectivity index (χ2n) is 4.70. The number of thiazole rings is 1. The smallest absolute Gasteiger partial charge is 0.225 e. The number of hydrogen-bond acceptors (Lipinski definition) is 4. The number of benzene rings is 1. The standard InChI is InChI=1S/C13H15F2N3OS.ClH/c1-8(19)18(5-4-17(2)3)13-16-12-10(15)6-9(14)7-11(12)20-13;/h6-7H,4-5H2,1-3H3;1H. The van der Waals surface area contributed by atoms with E-state index in [1.165, 1.54) is 17.9 Å². The molecule has 0 aliphatic carbocycles. The molecule has 0 saturated heterocycles. The zero-order valence-electron chi connectivity index (χ0n) is 11.9. The molecule has 0 N–H and O–H groups in total. The van der Waals surface area contributed by atoms with Crippen LogP contribution in [0, 0.1) is 11.6 Å². The first-order valence-corrected chi connectivity index (χ1v) is 6.88. The molecule has 2 aromatic rings. The minimum absolute atomic E-state index is 0. The number of likely N-dealkylation sites (N-methyl/N-ethyl adjacent to an activating group) is 1. The maximum absolute atomic E-state index is 13.6. The molecule has 1 aromatic heterocycles. The van der Waals surface area contributed by atoms with Crippen molar-refractivity contribution >= 4 is 45.0 Å². The minimum Gasteiger partial charge on any atom is -0.308 e. The van der Waals surface area contributed by atoms with Crippen LogP contribution in [0.3, 0.4) is 0 Å². The normalized spacial score (nSPS) is 10.8. The van der Waals surface area contributed by atoms with Gasteiger partial charge in [-0.3, -0.25) is 9.69 Å². The van der Waals surface area contributed by atoms with Crippen molar-refractivity contribution in [2.45, 2.75) is 6.92 Å². The van der Waals surface area contributed by atoms with Crippen LogP contribution in [0.2, 0.25) is 0 Å². The van der Waals surface area contributed by atoms with Crippen LogP contribution in [-0.2, 0) is 4.79 Å². The lowest BCUT2D eigenvalue weighted by Crippen LogP contribution is -2.35. The van der Waals surface area contributed by atoms with Gasteiger partial charge in [-0.1, -0.05) is 11.3 Å². The molecule has 0 spiro atoms. The van der Waals surface area contributed by atoms with Gasteiger partial charge in [0.05, 0.1) is 4.70 Å². The number of anilines is 1. The fourth-order valence-electron chi connectivity index (χ4n) is 1.75. The van der Waals surface area contributed by atoms with Gasteiger partial charge in [-0.25, -0.2) is 13.8 Å². The van der Waals surface area contributed by atoms with Crippen LogP contribution in [0.4, 0.5) is 13.9 Å². The van der Waals surface area contributed by atoms with E-state index in [4.69, 9.17) is 0 Å². The first kappa shape index (κ1) is 17.7. The van der Waals surface area contributed by atoms with Crippen molar-refractivity contribution in [3.8, 4) is 0 Å².